The van der Waals surface area contributed by atoms with Crippen LogP contribution in [0.25, 0.3) is 0 Å². The molecule has 0 aromatic carbocycles. The Hall–Kier alpha value is -0.180. The summed E-state index contributed by atoms with van der Waals surface area (Å²) < 4.78 is 5.61. The average Bonchev–Trinajstić information content (AvgIpc) is 2.42. The van der Waals surface area contributed by atoms with Crippen molar-refractivity contribution in [3.05, 3.63) is 0 Å². The van der Waals surface area contributed by atoms with E-state index in [0.717, 1.165) is 25.2 Å². The molecule has 0 spiro atoms. The second-order valence-corrected chi connectivity index (χ2v) is 7.37. The summed E-state index contributed by atoms with van der Waals surface area (Å²) >= 11 is 1.87. The van der Waals surface area contributed by atoms with Gasteiger partial charge in [-0.25, -0.2) is 0 Å². The van der Waals surface area contributed by atoms with E-state index in [1.54, 1.807) is 0 Å². The van der Waals surface area contributed by atoms with Crippen LogP contribution >= 0.6 is 11.8 Å². The zero-order valence-electron chi connectivity index (χ0n) is 14.1. The third kappa shape index (κ3) is 10.6. The van der Waals surface area contributed by atoms with Crippen LogP contribution in [0.15, 0.2) is 0 Å². The molecule has 0 N–H and O–H groups in total. The number of carbonyl (C=O) groups excluding carboxylic acids is 1. The molecule has 0 saturated carbocycles. The van der Waals surface area contributed by atoms with E-state index in [9.17, 15) is 4.79 Å². The summed E-state index contributed by atoms with van der Waals surface area (Å²) in [7, 11) is 0. The van der Waals surface area contributed by atoms with Gasteiger partial charge in [0, 0.05) is 11.7 Å². The Morgan fingerprint density at radius 3 is 2.20 bits per heavy atom. The molecule has 2 unspecified atom stereocenters. The molecule has 0 aromatic rings. The molecule has 0 saturated heterocycles. The maximum atomic E-state index is 11.6. The highest BCUT2D eigenvalue weighted by Gasteiger charge is 2.18. The Kier molecular flexibility index (Phi) is 12.4. The number of carbonyl (C=O) groups is 1. The first kappa shape index (κ1) is 19.8. The third-order valence-corrected chi connectivity index (χ3v) is 5.02. The maximum Gasteiger partial charge on any atom is 0.306 e. The van der Waals surface area contributed by atoms with Gasteiger partial charge >= 0.3 is 5.97 Å². The summed E-state index contributed by atoms with van der Waals surface area (Å²) in [5.41, 5.74) is 0.0612. The van der Waals surface area contributed by atoms with Crippen LogP contribution in [0.1, 0.15) is 86.0 Å². The van der Waals surface area contributed by atoms with Crippen molar-refractivity contribution in [3.8, 4) is 0 Å². The van der Waals surface area contributed by atoms with Crippen molar-refractivity contribution in [2.45, 2.75) is 96.7 Å². The quantitative estimate of drug-likeness (QED) is 0.259. The fourth-order valence-corrected chi connectivity index (χ4v) is 3.61. The predicted molar refractivity (Wildman–Crippen MR) is 90.1 cm³/mol. The van der Waals surface area contributed by atoms with Gasteiger partial charge in [0.1, 0.15) is 5.44 Å². The van der Waals surface area contributed by atoms with E-state index in [-0.39, 0.29) is 11.4 Å². The van der Waals surface area contributed by atoms with Gasteiger partial charge in [-0.05, 0) is 31.6 Å². The molecule has 0 bridgehead atoms. The summed E-state index contributed by atoms with van der Waals surface area (Å²) in [5, 5.41) is 0.625. The molecule has 0 heterocycles. The van der Waals surface area contributed by atoms with Gasteiger partial charge in [0.05, 0.1) is 0 Å². The SMILES string of the molecule is CCCC(CC)SC(CCCCC(C)C)OC(=O)CC. The molecule has 0 aliphatic carbocycles. The fourth-order valence-electron chi connectivity index (χ4n) is 2.15. The first-order chi connectivity index (χ1) is 9.53. The molecule has 0 fully saturated rings. The van der Waals surface area contributed by atoms with Gasteiger partial charge in [-0.3, -0.25) is 4.79 Å². The Morgan fingerprint density at radius 1 is 1.05 bits per heavy atom. The number of hydrogen-bond acceptors (Lipinski definition) is 3. The molecule has 2 nitrogen and oxygen atoms in total. The van der Waals surface area contributed by atoms with Crippen molar-refractivity contribution in [2.75, 3.05) is 0 Å². The van der Waals surface area contributed by atoms with Gasteiger partial charge in [0.15, 0.2) is 0 Å². The summed E-state index contributed by atoms with van der Waals surface area (Å²) in [6.07, 6.45) is 8.73. The van der Waals surface area contributed by atoms with Crippen LogP contribution in [0, 0.1) is 5.92 Å². The molecule has 0 radical (unpaired) electrons. The average molecular weight is 303 g/mol. The predicted octanol–water partition coefficient (Wildman–Crippen LogP) is 5.79. The molecule has 0 aliphatic heterocycles. The van der Waals surface area contributed by atoms with E-state index in [4.69, 9.17) is 4.74 Å². The van der Waals surface area contributed by atoms with E-state index in [1.165, 1.54) is 25.7 Å². The molecular formula is C17H34O2S. The van der Waals surface area contributed by atoms with Crippen molar-refractivity contribution in [3.63, 3.8) is 0 Å². The molecule has 0 aromatic heterocycles. The Labute approximate surface area is 130 Å². The molecule has 20 heavy (non-hydrogen) atoms. The molecule has 3 heteroatoms. The van der Waals surface area contributed by atoms with Gasteiger partial charge in [-0.2, -0.15) is 0 Å². The van der Waals surface area contributed by atoms with E-state index >= 15 is 0 Å². The van der Waals surface area contributed by atoms with Crippen LogP contribution in [-0.2, 0) is 9.53 Å². The molecule has 120 valence electrons. The van der Waals surface area contributed by atoms with Gasteiger partial charge < -0.3 is 4.74 Å². The normalized spacial score (nSPS) is 14.3. The Bertz CT molecular complexity index is 241. The van der Waals surface area contributed by atoms with Crippen molar-refractivity contribution >= 4 is 17.7 Å². The van der Waals surface area contributed by atoms with Crippen molar-refractivity contribution < 1.29 is 9.53 Å². The van der Waals surface area contributed by atoms with Crippen molar-refractivity contribution in [1.82, 2.24) is 0 Å². The molecular weight excluding hydrogens is 268 g/mol. The Balaban J connectivity index is 4.21. The lowest BCUT2D eigenvalue weighted by Crippen LogP contribution is -2.18. The highest BCUT2D eigenvalue weighted by atomic mass is 32.2. The number of ether oxygens (including phenoxy) is 1. The topological polar surface area (TPSA) is 26.3 Å². The molecule has 0 aliphatic rings. The van der Waals surface area contributed by atoms with Crippen LogP contribution in [0.2, 0.25) is 0 Å². The summed E-state index contributed by atoms with van der Waals surface area (Å²) in [4.78, 5) is 11.6. The van der Waals surface area contributed by atoms with Crippen LogP contribution in [-0.4, -0.2) is 16.7 Å². The van der Waals surface area contributed by atoms with Gasteiger partial charge in [0.2, 0.25) is 0 Å². The lowest BCUT2D eigenvalue weighted by molar-refractivity contribution is -0.144. The number of esters is 1. The van der Waals surface area contributed by atoms with Gasteiger partial charge in [-0.15, -0.1) is 11.8 Å². The van der Waals surface area contributed by atoms with Crippen LogP contribution < -0.4 is 0 Å². The summed E-state index contributed by atoms with van der Waals surface area (Å²) in [6.45, 7) is 10.8. The lowest BCUT2D eigenvalue weighted by Gasteiger charge is -2.22. The second-order valence-electron chi connectivity index (χ2n) is 5.91. The minimum absolute atomic E-state index is 0.0577. The first-order valence-electron chi connectivity index (χ1n) is 8.38. The van der Waals surface area contributed by atoms with E-state index in [1.807, 2.05) is 18.7 Å². The van der Waals surface area contributed by atoms with E-state index < -0.39 is 0 Å². The fraction of sp³-hybridized carbons (Fsp3) is 0.941. The minimum Gasteiger partial charge on any atom is -0.451 e. The van der Waals surface area contributed by atoms with E-state index in [2.05, 4.69) is 27.7 Å². The minimum atomic E-state index is -0.0577. The highest BCUT2D eigenvalue weighted by Crippen LogP contribution is 2.29. The molecule has 2 atom stereocenters. The zero-order chi connectivity index (χ0) is 15.4. The van der Waals surface area contributed by atoms with E-state index in [0.29, 0.717) is 11.7 Å². The third-order valence-electron chi connectivity index (χ3n) is 3.43. The van der Waals surface area contributed by atoms with Crippen LogP contribution in [0.4, 0.5) is 0 Å². The van der Waals surface area contributed by atoms with Crippen molar-refractivity contribution in [2.24, 2.45) is 5.92 Å². The zero-order valence-corrected chi connectivity index (χ0v) is 14.9. The highest BCUT2D eigenvalue weighted by molar-refractivity contribution is 8.00. The van der Waals surface area contributed by atoms with Crippen molar-refractivity contribution in [1.29, 1.82) is 0 Å². The van der Waals surface area contributed by atoms with Gasteiger partial charge in [0.25, 0.3) is 0 Å². The number of rotatable bonds is 12. The lowest BCUT2D eigenvalue weighted by atomic mass is 10.1. The van der Waals surface area contributed by atoms with Crippen LogP contribution in [0.3, 0.4) is 0 Å². The maximum absolute atomic E-state index is 11.6. The summed E-state index contributed by atoms with van der Waals surface area (Å²) in [5.74, 6) is 0.709. The molecule has 0 rings (SSSR count). The summed E-state index contributed by atoms with van der Waals surface area (Å²) in [6, 6.07) is 0. The van der Waals surface area contributed by atoms with Crippen LogP contribution in [0.5, 0.6) is 0 Å². The second kappa shape index (κ2) is 12.6. The monoisotopic (exact) mass is 302 g/mol. The first-order valence-corrected chi connectivity index (χ1v) is 9.32. The van der Waals surface area contributed by atoms with Gasteiger partial charge in [-0.1, -0.05) is 53.9 Å². The smallest absolute Gasteiger partial charge is 0.306 e. The standard InChI is InChI=1S/C17H34O2S/c1-6-11-15(7-2)20-17(19-16(18)8-3)13-10-9-12-14(4)5/h14-15,17H,6-13H2,1-5H3. The number of unbranched alkanes of at least 4 members (excludes halogenated alkanes) is 1. The number of hydrogen-bond donors (Lipinski definition) is 0. The largest absolute Gasteiger partial charge is 0.451 e. The molecule has 0 amide bonds. The Morgan fingerprint density at radius 2 is 1.70 bits per heavy atom. The number of thioether (sulfide) groups is 1.